The van der Waals surface area contributed by atoms with E-state index in [9.17, 15) is 14.7 Å². The Morgan fingerprint density at radius 2 is 1.64 bits per heavy atom. The summed E-state index contributed by atoms with van der Waals surface area (Å²) in [5.41, 5.74) is 0.378. The van der Waals surface area contributed by atoms with Gasteiger partial charge in [0.2, 0.25) is 0 Å². The third-order valence-electron chi connectivity index (χ3n) is 5.84. The number of benzene rings is 3. The molecule has 2 heterocycles. The van der Waals surface area contributed by atoms with Gasteiger partial charge in [0.15, 0.2) is 0 Å². The maximum Gasteiger partial charge on any atom is 0.369 e. The minimum Gasteiger partial charge on any atom is -0.508 e. The number of halogens is 1. The van der Waals surface area contributed by atoms with Crippen molar-refractivity contribution in [2.75, 3.05) is 18.0 Å². The van der Waals surface area contributed by atoms with Crippen LogP contribution in [0.3, 0.4) is 0 Å². The molecule has 0 radical (unpaired) electrons. The van der Waals surface area contributed by atoms with Crippen molar-refractivity contribution in [2.24, 2.45) is 0 Å². The maximum absolute atomic E-state index is 15.1. The Balaban J connectivity index is 1.73. The van der Waals surface area contributed by atoms with E-state index in [-0.39, 0.29) is 23.3 Å². The van der Waals surface area contributed by atoms with Gasteiger partial charge in [-0.05, 0) is 54.8 Å². The van der Waals surface area contributed by atoms with Crippen LogP contribution >= 0.6 is 0 Å². The van der Waals surface area contributed by atoms with Crippen LogP contribution in [-0.4, -0.2) is 27.5 Å². The molecule has 0 saturated carbocycles. The summed E-state index contributed by atoms with van der Waals surface area (Å²) in [6.45, 7) is 1.41. The van der Waals surface area contributed by atoms with E-state index in [0.29, 0.717) is 29.2 Å². The van der Waals surface area contributed by atoms with Crippen LogP contribution in [0.15, 0.2) is 76.3 Å². The largest absolute Gasteiger partial charge is 0.508 e. The highest BCUT2D eigenvalue weighted by Gasteiger charge is 2.22. The number of hydrogen-bond donors (Lipinski definition) is 1. The Hall–Kier alpha value is -4.07. The molecular weight excluding hydrogens is 425 g/mol. The topological polar surface area (TPSA) is 76.7 Å². The van der Waals surface area contributed by atoms with Crippen molar-refractivity contribution in [3.8, 4) is 11.4 Å². The summed E-state index contributed by atoms with van der Waals surface area (Å²) in [5.74, 6) is -0.486. The highest BCUT2D eigenvalue weighted by Crippen LogP contribution is 2.28. The van der Waals surface area contributed by atoms with Crippen molar-refractivity contribution in [1.82, 2.24) is 9.30 Å². The smallest absolute Gasteiger partial charge is 0.369 e. The molecule has 5 rings (SSSR count). The average Bonchev–Trinajstić information content (AvgIpc) is 3.36. The number of hydrogen-bond acceptors (Lipinski definition) is 5. The van der Waals surface area contributed by atoms with Crippen LogP contribution in [0.1, 0.15) is 18.4 Å². The van der Waals surface area contributed by atoms with Crippen LogP contribution in [-0.2, 0) is 6.61 Å². The molecule has 0 atom stereocenters. The van der Waals surface area contributed by atoms with Crippen molar-refractivity contribution in [3.63, 3.8) is 0 Å². The van der Waals surface area contributed by atoms with Crippen LogP contribution in [0.25, 0.3) is 16.6 Å². The predicted octanol–water partition coefficient (Wildman–Crippen LogP) is 3.23. The molecule has 4 aromatic rings. The van der Waals surface area contributed by atoms with E-state index in [4.69, 9.17) is 4.84 Å². The molecule has 0 spiro atoms. The summed E-state index contributed by atoms with van der Waals surface area (Å²) in [7, 11) is 0. The molecule has 0 unspecified atom stereocenters. The van der Waals surface area contributed by atoms with E-state index in [0.717, 1.165) is 18.4 Å². The molecule has 1 saturated heterocycles. The van der Waals surface area contributed by atoms with Gasteiger partial charge >= 0.3 is 5.69 Å². The first kappa shape index (κ1) is 20.8. The van der Waals surface area contributed by atoms with Gasteiger partial charge in [-0.2, -0.15) is 0 Å². The number of aromatic nitrogens is 2. The molecule has 1 aliphatic heterocycles. The van der Waals surface area contributed by atoms with Gasteiger partial charge in [-0.3, -0.25) is 9.36 Å². The van der Waals surface area contributed by atoms with E-state index in [1.807, 2.05) is 35.2 Å². The Kier molecular flexibility index (Phi) is 5.34. The Morgan fingerprint density at radius 1 is 0.939 bits per heavy atom. The normalized spacial score (nSPS) is 13.5. The summed E-state index contributed by atoms with van der Waals surface area (Å²) >= 11 is 0. The first-order valence-corrected chi connectivity index (χ1v) is 10.8. The molecule has 1 aromatic heterocycles. The SMILES string of the molecule is O=c1c2cc(F)c(N3CCCC3)cc2n(-c2ccc(O)cc2)c(=O)n1OCc1ccccc1. The summed E-state index contributed by atoms with van der Waals surface area (Å²) in [6.07, 6.45) is 1.91. The fraction of sp³-hybridized carbons (Fsp3) is 0.200. The number of rotatable bonds is 5. The predicted molar refractivity (Wildman–Crippen MR) is 124 cm³/mol. The zero-order valence-electron chi connectivity index (χ0n) is 17.8. The Morgan fingerprint density at radius 3 is 2.33 bits per heavy atom. The second-order valence-corrected chi connectivity index (χ2v) is 8.01. The van der Waals surface area contributed by atoms with E-state index < -0.39 is 17.1 Å². The minimum atomic E-state index is -0.729. The number of phenols is 1. The molecule has 33 heavy (non-hydrogen) atoms. The monoisotopic (exact) mass is 447 g/mol. The number of anilines is 1. The van der Waals surface area contributed by atoms with Crippen LogP contribution < -0.4 is 21.0 Å². The van der Waals surface area contributed by atoms with Crippen molar-refractivity contribution < 1.29 is 14.3 Å². The lowest BCUT2D eigenvalue weighted by molar-refractivity contribution is 0.0789. The van der Waals surface area contributed by atoms with Gasteiger partial charge < -0.3 is 14.8 Å². The molecule has 168 valence electrons. The quantitative estimate of drug-likeness (QED) is 0.508. The third-order valence-corrected chi connectivity index (χ3v) is 5.84. The lowest BCUT2D eigenvalue weighted by Crippen LogP contribution is -2.43. The van der Waals surface area contributed by atoms with E-state index in [1.165, 1.54) is 22.8 Å². The second kappa shape index (κ2) is 8.46. The number of aromatic hydroxyl groups is 1. The fourth-order valence-corrected chi connectivity index (χ4v) is 4.18. The second-order valence-electron chi connectivity index (χ2n) is 8.01. The molecule has 0 aliphatic carbocycles. The first-order valence-electron chi connectivity index (χ1n) is 10.8. The lowest BCUT2D eigenvalue weighted by atomic mass is 10.2. The number of nitrogens with zero attached hydrogens (tertiary/aromatic N) is 3. The molecule has 0 bridgehead atoms. The van der Waals surface area contributed by atoms with E-state index >= 15 is 4.39 Å². The van der Waals surface area contributed by atoms with Crippen molar-refractivity contribution >= 4 is 16.6 Å². The maximum atomic E-state index is 15.1. The zero-order valence-corrected chi connectivity index (χ0v) is 17.8. The van der Waals surface area contributed by atoms with E-state index in [1.54, 1.807) is 18.2 Å². The molecule has 1 N–H and O–H groups in total. The van der Waals surface area contributed by atoms with Gasteiger partial charge in [0.05, 0.1) is 22.3 Å². The summed E-state index contributed by atoms with van der Waals surface area (Å²) in [4.78, 5) is 34.2. The summed E-state index contributed by atoms with van der Waals surface area (Å²) in [6, 6.07) is 17.8. The van der Waals surface area contributed by atoms with Gasteiger partial charge in [-0.25, -0.2) is 9.18 Å². The van der Waals surface area contributed by atoms with Crippen LogP contribution in [0.5, 0.6) is 5.75 Å². The summed E-state index contributed by atoms with van der Waals surface area (Å²) < 4.78 is 17.0. The van der Waals surface area contributed by atoms with Crippen molar-refractivity contribution in [3.05, 3.63) is 98.9 Å². The van der Waals surface area contributed by atoms with Crippen LogP contribution in [0.2, 0.25) is 0 Å². The Labute approximate surface area is 188 Å². The molecule has 0 amide bonds. The molecule has 7 nitrogen and oxygen atoms in total. The molecule has 1 aliphatic rings. The van der Waals surface area contributed by atoms with E-state index in [2.05, 4.69) is 0 Å². The van der Waals surface area contributed by atoms with Crippen molar-refractivity contribution in [2.45, 2.75) is 19.4 Å². The fourth-order valence-electron chi connectivity index (χ4n) is 4.18. The first-order chi connectivity index (χ1) is 16.0. The van der Waals surface area contributed by atoms with Crippen LogP contribution in [0.4, 0.5) is 10.1 Å². The zero-order chi connectivity index (χ0) is 22.9. The van der Waals surface area contributed by atoms with Gasteiger partial charge in [0.1, 0.15) is 18.2 Å². The van der Waals surface area contributed by atoms with Gasteiger partial charge in [-0.1, -0.05) is 35.1 Å². The number of fused-ring (bicyclic) bond motifs is 1. The Bertz CT molecular complexity index is 1420. The highest BCUT2D eigenvalue weighted by molar-refractivity contribution is 5.84. The highest BCUT2D eigenvalue weighted by atomic mass is 19.1. The molecule has 8 heteroatoms. The lowest BCUT2D eigenvalue weighted by Gasteiger charge is -2.21. The van der Waals surface area contributed by atoms with Crippen molar-refractivity contribution in [1.29, 1.82) is 0 Å². The third kappa shape index (κ3) is 3.84. The van der Waals surface area contributed by atoms with Gasteiger partial charge in [0.25, 0.3) is 5.56 Å². The molecule has 1 fully saturated rings. The van der Waals surface area contributed by atoms with Crippen LogP contribution in [0, 0.1) is 5.82 Å². The standard InChI is InChI=1S/C25H22FN3O4/c26-21-14-20-22(15-23(21)27-12-4-5-13-27)28(18-8-10-19(30)11-9-18)25(32)29(24(20)31)33-16-17-6-2-1-3-7-17/h1-3,6-11,14-15,30H,4-5,12-13,16H2. The molecular formula is C25H22FN3O4. The van der Waals surface area contributed by atoms with Gasteiger partial charge in [-0.15, -0.1) is 0 Å². The average molecular weight is 447 g/mol. The van der Waals surface area contributed by atoms with Gasteiger partial charge in [0, 0.05) is 13.1 Å². The molecule has 3 aromatic carbocycles. The number of phenolic OH excluding ortho intramolecular Hbond substituents is 1. The minimum absolute atomic E-state index is 0.00852. The summed E-state index contributed by atoms with van der Waals surface area (Å²) in [5, 5.41) is 9.72.